The fourth-order valence-corrected chi connectivity index (χ4v) is 3.09. The highest BCUT2D eigenvalue weighted by Crippen LogP contribution is 2.46. The van der Waals surface area contributed by atoms with Crippen molar-refractivity contribution in [3.63, 3.8) is 0 Å². The summed E-state index contributed by atoms with van der Waals surface area (Å²) in [4.78, 5) is 26.6. The molecule has 1 saturated carbocycles. The Balaban J connectivity index is 2.77. The molecular weight excluding hydrogens is 285 g/mol. The average molecular weight is 305 g/mol. The van der Waals surface area contributed by atoms with E-state index in [0.29, 0.717) is 23.1 Å². The molecule has 4 nitrogen and oxygen atoms in total. The lowest BCUT2D eigenvalue weighted by molar-refractivity contribution is -0.146. The van der Waals surface area contributed by atoms with Crippen molar-refractivity contribution in [1.82, 2.24) is 4.90 Å². The highest BCUT2D eigenvalue weighted by atomic mass is 19.1. The standard InChI is InChI=1S/C17H20FNO3/c1-11-12(6-5-7-14(11)18)17(16(21)22-4)9-8-15(20)13(17)10-19(2)3/h5-7,10H,8-9H2,1-4H3/t17-/m0/s1. The van der Waals surface area contributed by atoms with Crippen LogP contribution >= 0.6 is 0 Å². The number of halogens is 1. The molecule has 5 heteroatoms. The van der Waals surface area contributed by atoms with E-state index in [2.05, 4.69) is 0 Å². The number of rotatable bonds is 3. The Bertz CT molecular complexity index is 651. The Labute approximate surface area is 129 Å². The number of hydrogen-bond acceptors (Lipinski definition) is 4. The Morgan fingerprint density at radius 3 is 2.68 bits per heavy atom. The van der Waals surface area contributed by atoms with E-state index in [4.69, 9.17) is 4.74 Å². The van der Waals surface area contributed by atoms with Crippen molar-refractivity contribution in [3.05, 3.63) is 46.9 Å². The molecule has 0 aromatic heterocycles. The molecule has 1 aliphatic rings. The molecule has 0 unspecified atom stereocenters. The average Bonchev–Trinajstić information content (AvgIpc) is 2.79. The molecule has 1 aromatic rings. The molecule has 0 amide bonds. The van der Waals surface area contributed by atoms with E-state index in [0.717, 1.165) is 0 Å². The zero-order chi connectivity index (χ0) is 16.5. The molecule has 0 radical (unpaired) electrons. The van der Waals surface area contributed by atoms with E-state index in [9.17, 15) is 14.0 Å². The van der Waals surface area contributed by atoms with Gasteiger partial charge in [-0.05, 0) is 30.5 Å². The fourth-order valence-electron chi connectivity index (χ4n) is 3.09. The molecule has 0 N–H and O–H groups in total. The van der Waals surface area contributed by atoms with Gasteiger partial charge in [-0.15, -0.1) is 0 Å². The summed E-state index contributed by atoms with van der Waals surface area (Å²) in [6.07, 6.45) is 2.17. The number of esters is 1. The van der Waals surface area contributed by atoms with Gasteiger partial charge in [0, 0.05) is 32.3 Å². The van der Waals surface area contributed by atoms with Gasteiger partial charge in [0.1, 0.15) is 11.2 Å². The molecule has 118 valence electrons. The predicted octanol–water partition coefficient (Wildman–Crippen LogP) is 2.35. The number of hydrogen-bond donors (Lipinski definition) is 0. The molecule has 22 heavy (non-hydrogen) atoms. The first-order valence-electron chi connectivity index (χ1n) is 7.10. The third kappa shape index (κ3) is 2.40. The molecule has 0 heterocycles. The zero-order valence-electron chi connectivity index (χ0n) is 13.3. The summed E-state index contributed by atoms with van der Waals surface area (Å²) in [6.45, 7) is 1.62. The van der Waals surface area contributed by atoms with E-state index in [1.54, 1.807) is 44.3 Å². The molecule has 2 rings (SSSR count). The first kappa shape index (κ1) is 16.2. The number of ketones is 1. The summed E-state index contributed by atoms with van der Waals surface area (Å²) in [6, 6.07) is 4.59. The van der Waals surface area contributed by atoms with Crippen molar-refractivity contribution >= 4 is 11.8 Å². The van der Waals surface area contributed by atoms with Gasteiger partial charge in [-0.2, -0.15) is 0 Å². The molecule has 0 aliphatic heterocycles. The van der Waals surface area contributed by atoms with Crippen molar-refractivity contribution in [2.45, 2.75) is 25.2 Å². The minimum Gasteiger partial charge on any atom is -0.468 e. The van der Waals surface area contributed by atoms with Gasteiger partial charge < -0.3 is 9.64 Å². The van der Waals surface area contributed by atoms with Crippen LogP contribution in [-0.4, -0.2) is 37.9 Å². The second kappa shape index (κ2) is 5.91. The number of benzene rings is 1. The van der Waals surface area contributed by atoms with Gasteiger partial charge in [-0.3, -0.25) is 9.59 Å². The highest BCUT2D eigenvalue weighted by molar-refractivity contribution is 6.09. The van der Waals surface area contributed by atoms with Gasteiger partial charge in [0.25, 0.3) is 0 Å². The number of ether oxygens (including phenoxy) is 1. The van der Waals surface area contributed by atoms with E-state index in [-0.39, 0.29) is 12.2 Å². The highest BCUT2D eigenvalue weighted by Gasteiger charge is 2.52. The zero-order valence-corrected chi connectivity index (χ0v) is 13.3. The number of nitrogens with zero attached hydrogens (tertiary/aromatic N) is 1. The van der Waals surface area contributed by atoms with Crippen LogP contribution in [0.2, 0.25) is 0 Å². The maximum absolute atomic E-state index is 14.0. The van der Waals surface area contributed by atoms with Crippen LogP contribution in [0.3, 0.4) is 0 Å². The van der Waals surface area contributed by atoms with Gasteiger partial charge in [0.2, 0.25) is 0 Å². The van der Waals surface area contributed by atoms with Crippen LogP contribution in [0.25, 0.3) is 0 Å². The summed E-state index contributed by atoms with van der Waals surface area (Å²) in [5.41, 5.74) is -0.00828. The Morgan fingerprint density at radius 1 is 1.41 bits per heavy atom. The second-order valence-electron chi connectivity index (χ2n) is 5.74. The molecule has 0 spiro atoms. The Morgan fingerprint density at radius 2 is 2.09 bits per heavy atom. The predicted molar refractivity (Wildman–Crippen MR) is 80.8 cm³/mol. The fraction of sp³-hybridized carbons (Fsp3) is 0.412. The van der Waals surface area contributed by atoms with Gasteiger partial charge in [0.05, 0.1) is 7.11 Å². The summed E-state index contributed by atoms with van der Waals surface area (Å²) in [7, 11) is 4.84. The minimum absolute atomic E-state index is 0.109. The first-order valence-corrected chi connectivity index (χ1v) is 7.10. The monoisotopic (exact) mass is 305 g/mol. The van der Waals surface area contributed by atoms with Crippen LogP contribution in [0.1, 0.15) is 24.0 Å². The quantitative estimate of drug-likeness (QED) is 0.635. The smallest absolute Gasteiger partial charge is 0.321 e. The van der Waals surface area contributed by atoms with Gasteiger partial charge in [0.15, 0.2) is 5.78 Å². The number of methoxy groups -OCH3 is 1. The van der Waals surface area contributed by atoms with Crippen molar-refractivity contribution in [3.8, 4) is 0 Å². The molecule has 0 saturated heterocycles. The van der Waals surface area contributed by atoms with Crippen LogP contribution in [0.4, 0.5) is 4.39 Å². The normalized spacial score (nSPS) is 23.0. The maximum atomic E-state index is 14.0. The van der Waals surface area contributed by atoms with Crippen LogP contribution < -0.4 is 0 Å². The number of carbonyl (C=O) groups excluding carboxylic acids is 2. The largest absolute Gasteiger partial charge is 0.468 e. The van der Waals surface area contributed by atoms with Crippen molar-refractivity contribution < 1.29 is 18.7 Å². The molecule has 1 atom stereocenters. The molecule has 1 fully saturated rings. The lowest BCUT2D eigenvalue weighted by Crippen LogP contribution is -2.38. The topological polar surface area (TPSA) is 46.6 Å². The third-order valence-corrected chi connectivity index (χ3v) is 4.14. The molecule has 1 aliphatic carbocycles. The lowest BCUT2D eigenvalue weighted by Gasteiger charge is -2.30. The second-order valence-corrected chi connectivity index (χ2v) is 5.74. The van der Waals surface area contributed by atoms with Crippen molar-refractivity contribution in [2.24, 2.45) is 0 Å². The van der Waals surface area contributed by atoms with Crippen LogP contribution in [0.5, 0.6) is 0 Å². The molecular formula is C17H20FNO3. The summed E-state index contributed by atoms with van der Waals surface area (Å²) in [5, 5.41) is 0. The van der Waals surface area contributed by atoms with Crippen LogP contribution in [0.15, 0.2) is 30.0 Å². The maximum Gasteiger partial charge on any atom is 0.321 e. The van der Waals surface area contributed by atoms with Crippen LogP contribution in [0, 0.1) is 12.7 Å². The van der Waals surface area contributed by atoms with E-state index < -0.39 is 17.2 Å². The molecule has 1 aromatic carbocycles. The summed E-state index contributed by atoms with van der Waals surface area (Å²) >= 11 is 0. The molecule has 0 bridgehead atoms. The van der Waals surface area contributed by atoms with Gasteiger partial charge >= 0.3 is 5.97 Å². The third-order valence-electron chi connectivity index (χ3n) is 4.14. The Kier molecular flexibility index (Phi) is 4.35. The van der Waals surface area contributed by atoms with E-state index >= 15 is 0 Å². The minimum atomic E-state index is -1.23. The SMILES string of the molecule is COC(=O)[C@]1(c2cccc(F)c2C)CCC(=O)C1=CN(C)C. The Hall–Kier alpha value is -2.17. The van der Waals surface area contributed by atoms with E-state index in [1.165, 1.54) is 13.2 Å². The van der Waals surface area contributed by atoms with E-state index in [1.807, 2.05) is 0 Å². The van der Waals surface area contributed by atoms with Crippen molar-refractivity contribution in [2.75, 3.05) is 21.2 Å². The van der Waals surface area contributed by atoms with Crippen molar-refractivity contribution in [1.29, 1.82) is 0 Å². The lowest BCUT2D eigenvalue weighted by atomic mass is 9.74. The summed E-state index contributed by atoms with van der Waals surface area (Å²) < 4.78 is 19.0. The van der Waals surface area contributed by atoms with Gasteiger partial charge in [-0.25, -0.2) is 4.39 Å². The first-order chi connectivity index (χ1) is 10.3. The number of Topliss-reactive ketones (excluding diaryl/α,β-unsaturated/α-hetero) is 1. The van der Waals surface area contributed by atoms with Gasteiger partial charge in [-0.1, -0.05) is 12.1 Å². The summed E-state index contributed by atoms with van der Waals surface area (Å²) in [5.74, 6) is -1.03. The number of carbonyl (C=O) groups is 2. The van der Waals surface area contributed by atoms with Crippen LogP contribution in [-0.2, 0) is 19.7 Å².